The molecule has 0 spiro atoms. The fraction of sp³-hybridized carbons (Fsp3) is 0.0909. The molecule has 0 amide bonds. The van der Waals surface area contributed by atoms with E-state index in [1.165, 1.54) is 6.20 Å². The van der Waals surface area contributed by atoms with Crippen LogP contribution in [0.5, 0.6) is 0 Å². The average Bonchev–Trinajstić information content (AvgIpc) is 2.31. The van der Waals surface area contributed by atoms with Crippen LogP contribution in [0.1, 0.15) is 0 Å². The van der Waals surface area contributed by atoms with Gasteiger partial charge in [-0.3, -0.25) is 0 Å². The van der Waals surface area contributed by atoms with Crippen LogP contribution in [0.3, 0.4) is 0 Å². The minimum Gasteiger partial charge on any atom is -0.386 e. The Bertz CT molecular complexity index is 432. The first-order chi connectivity index (χ1) is 7.31. The van der Waals surface area contributed by atoms with E-state index in [9.17, 15) is 0 Å². The smallest absolute Gasteiger partial charge is 0.145 e. The molecule has 4 heteroatoms. The number of benzene rings is 1. The molecule has 0 saturated carbocycles. The van der Waals surface area contributed by atoms with Crippen LogP contribution >= 0.6 is 0 Å². The number of hydrogen-bond acceptors (Lipinski definition) is 4. The van der Waals surface area contributed by atoms with Crippen molar-refractivity contribution in [3.63, 3.8) is 0 Å². The van der Waals surface area contributed by atoms with Gasteiger partial charge in [-0.2, -0.15) is 10.5 Å². The molecular formula is C11H10N4. The normalized spacial score (nSPS) is 8.20. The molecule has 4 nitrogen and oxygen atoms in total. The van der Waals surface area contributed by atoms with Crippen LogP contribution in [0, 0.1) is 22.7 Å². The van der Waals surface area contributed by atoms with Gasteiger partial charge >= 0.3 is 0 Å². The summed E-state index contributed by atoms with van der Waals surface area (Å²) in [6.45, 7) is 0. The third kappa shape index (κ3) is 2.75. The number of nitriles is 2. The highest BCUT2D eigenvalue weighted by Crippen LogP contribution is 2.20. The second-order valence-corrected chi connectivity index (χ2v) is 2.72. The Balaban J connectivity index is 2.87. The lowest BCUT2D eigenvalue weighted by Gasteiger charge is -2.07. The second kappa shape index (κ2) is 5.31. The number of para-hydroxylation sites is 2. The molecule has 0 aliphatic carbocycles. The number of nitrogens with one attached hydrogen (secondary N) is 2. The quantitative estimate of drug-likeness (QED) is 0.729. The summed E-state index contributed by atoms with van der Waals surface area (Å²) in [5.41, 5.74) is 1.77. The molecule has 0 heterocycles. The number of hydrogen-bond donors (Lipinski definition) is 2. The maximum absolute atomic E-state index is 8.53. The van der Waals surface area contributed by atoms with E-state index >= 15 is 0 Å². The number of allylic oxidation sites excluding steroid dienone is 1. The third-order valence-corrected chi connectivity index (χ3v) is 1.81. The van der Waals surface area contributed by atoms with Gasteiger partial charge in [-0.15, -0.1) is 0 Å². The van der Waals surface area contributed by atoms with Crippen molar-refractivity contribution in [1.29, 1.82) is 10.5 Å². The summed E-state index contributed by atoms with van der Waals surface area (Å²) < 4.78 is 0. The van der Waals surface area contributed by atoms with E-state index in [2.05, 4.69) is 10.6 Å². The Morgan fingerprint density at radius 3 is 2.33 bits per heavy atom. The van der Waals surface area contributed by atoms with Crippen molar-refractivity contribution in [1.82, 2.24) is 0 Å². The topological polar surface area (TPSA) is 71.6 Å². The van der Waals surface area contributed by atoms with Crippen molar-refractivity contribution in [2.24, 2.45) is 0 Å². The van der Waals surface area contributed by atoms with E-state index in [1.807, 2.05) is 24.3 Å². The summed E-state index contributed by atoms with van der Waals surface area (Å²) in [6, 6.07) is 11.1. The number of anilines is 2. The van der Waals surface area contributed by atoms with E-state index in [4.69, 9.17) is 10.5 Å². The number of rotatable bonds is 3. The summed E-state index contributed by atoms with van der Waals surface area (Å²) in [7, 11) is 1.81. The van der Waals surface area contributed by atoms with Crippen molar-refractivity contribution < 1.29 is 0 Å². The van der Waals surface area contributed by atoms with Crippen LogP contribution in [0.25, 0.3) is 0 Å². The third-order valence-electron chi connectivity index (χ3n) is 1.81. The first kappa shape index (κ1) is 10.6. The summed E-state index contributed by atoms with van der Waals surface area (Å²) in [5, 5.41) is 23.0. The fourth-order valence-corrected chi connectivity index (χ4v) is 1.07. The Morgan fingerprint density at radius 1 is 1.20 bits per heavy atom. The van der Waals surface area contributed by atoms with Gasteiger partial charge in [-0.25, -0.2) is 0 Å². The first-order valence-electron chi connectivity index (χ1n) is 4.35. The van der Waals surface area contributed by atoms with E-state index in [0.717, 1.165) is 11.4 Å². The predicted molar refractivity (Wildman–Crippen MR) is 58.9 cm³/mol. The molecule has 0 radical (unpaired) electrons. The molecule has 1 aromatic carbocycles. The summed E-state index contributed by atoms with van der Waals surface area (Å²) >= 11 is 0. The Kier molecular flexibility index (Phi) is 3.76. The van der Waals surface area contributed by atoms with Crippen LogP contribution < -0.4 is 10.6 Å². The van der Waals surface area contributed by atoms with Gasteiger partial charge in [0.05, 0.1) is 11.4 Å². The van der Waals surface area contributed by atoms with Crippen LogP contribution in [0.4, 0.5) is 11.4 Å². The zero-order chi connectivity index (χ0) is 11.1. The average molecular weight is 198 g/mol. The standard InChI is InChI=1S/C11H10N4/c1-14-10-4-2-3-5-11(10)15-8-9(6-12)7-13/h2-5,8,14-15H,1H3. The molecule has 15 heavy (non-hydrogen) atoms. The van der Waals surface area contributed by atoms with Gasteiger partial charge in [0.25, 0.3) is 0 Å². The Hall–Kier alpha value is -2.46. The highest BCUT2D eigenvalue weighted by molar-refractivity contribution is 5.69. The van der Waals surface area contributed by atoms with E-state index in [1.54, 1.807) is 19.2 Å². The van der Waals surface area contributed by atoms with Crippen LogP contribution in [-0.4, -0.2) is 7.05 Å². The molecule has 0 unspecified atom stereocenters. The predicted octanol–water partition coefficient (Wildman–Crippen LogP) is 2.07. The van der Waals surface area contributed by atoms with Crippen molar-refractivity contribution in [3.05, 3.63) is 36.0 Å². The zero-order valence-corrected chi connectivity index (χ0v) is 8.28. The molecule has 0 fully saturated rings. The Labute approximate surface area is 88.5 Å². The van der Waals surface area contributed by atoms with Crippen molar-refractivity contribution >= 4 is 11.4 Å². The van der Waals surface area contributed by atoms with Gasteiger partial charge in [-0.1, -0.05) is 12.1 Å². The minimum atomic E-state index is 0.0425. The largest absolute Gasteiger partial charge is 0.386 e. The molecule has 1 rings (SSSR count). The molecule has 0 aromatic heterocycles. The lowest BCUT2D eigenvalue weighted by molar-refractivity contribution is 1.43. The van der Waals surface area contributed by atoms with Crippen molar-refractivity contribution in [2.45, 2.75) is 0 Å². The fourth-order valence-electron chi connectivity index (χ4n) is 1.07. The zero-order valence-electron chi connectivity index (χ0n) is 8.28. The lowest BCUT2D eigenvalue weighted by atomic mass is 10.2. The van der Waals surface area contributed by atoms with Crippen LogP contribution in [0.2, 0.25) is 0 Å². The van der Waals surface area contributed by atoms with Gasteiger partial charge in [0.1, 0.15) is 17.7 Å². The summed E-state index contributed by atoms with van der Waals surface area (Å²) in [5.74, 6) is 0. The maximum atomic E-state index is 8.53. The SMILES string of the molecule is CNc1ccccc1NC=C(C#N)C#N. The van der Waals surface area contributed by atoms with Crippen LogP contribution in [0.15, 0.2) is 36.0 Å². The first-order valence-corrected chi connectivity index (χ1v) is 4.35. The van der Waals surface area contributed by atoms with Gasteiger partial charge in [0.15, 0.2) is 0 Å². The van der Waals surface area contributed by atoms with Crippen molar-refractivity contribution in [3.8, 4) is 12.1 Å². The molecule has 0 aliphatic rings. The summed E-state index contributed by atoms with van der Waals surface area (Å²) in [6.07, 6.45) is 1.39. The Morgan fingerprint density at radius 2 is 1.80 bits per heavy atom. The monoisotopic (exact) mass is 198 g/mol. The van der Waals surface area contributed by atoms with E-state index in [-0.39, 0.29) is 5.57 Å². The van der Waals surface area contributed by atoms with Gasteiger partial charge in [0.2, 0.25) is 0 Å². The van der Waals surface area contributed by atoms with Gasteiger partial charge in [-0.05, 0) is 12.1 Å². The maximum Gasteiger partial charge on any atom is 0.145 e. The molecule has 1 aromatic rings. The number of nitrogens with zero attached hydrogens (tertiary/aromatic N) is 2. The molecule has 0 aliphatic heterocycles. The van der Waals surface area contributed by atoms with E-state index in [0.29, 0.717) is 0 Å². The molecular weight excluding hydrogens is 188 g/mol. The van der Waals surface area contributed by atoms with Crippen molar-refractivity contribution in [2.75, 3.05) is 17.7 Å². The van der Waals surface area contributed by atoms with Gasteiger partial charge < -0.3 is 10.6 Å². The summed E-state index contributed by atoms with van der Waals surface area (Å²) in [4.78, 5) is 0. The molecule has 0 saturated heterocycles. The lowest BCUT2D eigenvalue weighted by Crippen LogP contribution is -1.96. The second-order valence-electron chi connectivity index (χ2n) is 2.72. The van der Waals surface area contributed by atoms with E-state index < -0.39 is 0 Å². The molecule has 0 bridgehead atoms. The molecule has 74 valence electrons. The molecule has 0 atom stereocenters. The minimum absolute atomic E-state index is 0.0425. The highest BCUT2D eigenvalue weighted by Gasteiger charge is 1.97. The highest BCUT2D eigenvalue weighted by atomic mass is 14.9. The molecule has 2 N–H and O–H groups in total. The van der Waals surface area contributed by atoms with Crippen LogP contribution in [-0.2, 0) is 0 Å². The van der Waals surface area contributed by atoms with Gasteiger partial charge in [0, 0.05) is 13.2 Å².